The minimum absolute atomic E-state index is 0.408. The Bertz CT molecular complexity index is 1850. The third kappa shape index (κ3) is 2.81. The van der Waals surface area contributed by atoms with Gasteiger partial charge < -0.3 is 9.40 Å². The minimum atomic E-state index is -0.431. The number of aromatic amines is 1. The van der Waals surface area contributed by atoms with E-state index in [1.54, 1.807) is 11.3 Å². The second kappa shape index (κ2) is 6.85. The quantitative estimate of drug-likeness (QED) is 0.236. The SMILES string of the molecule is O=c1oc2c(-c3nc4ccccc4s3)cc3ccccc3c2cc1-c1nc2ccccc2[nH]1. The van der Waals surface area contributed by atoms with Gasteiger partial charge in [-0.25, -0.2) is 14.8 Å². The summed E-state index contributed by atoms with van der Waals surface area (Å²) in [4.78, 5) is 25.8. The Hall–Kier alpha value is -4.29. The highest BCUT2D eigenvalue weighted by Crippen LogP contribution is 2.38. The van der Waals surface area contributed by atoms with E-state index in [0.717, 1.165) is 48.0 Å². The lowest BCUT2D eigenvalue weighted by Gasteiger charge is -2.08. The van der Waals surface area contributed by atoms with Gasteiger partial charge in [0.1, 0.15) is 22.0 Å². The standard InChI is InChI=1S/C27H15N3O2S/c31-27-19(25-28-20-9-3-4-10-21(20)29-25)14-17-16-8-2-1-7-15(16)13-18(24(17)32-27)26-30-22-11-5-6-12-23(22)33-26/h1-14H,(H,28,29). The van der Waals surface area contributed by atoms with Gasteiger partial charge in [0.15, 0.2) is 0 Å². The summed E-state index contributed by atoms with van der Waals surface area (Å²) in [7, 11) is 0. The third-order valence-electron chi connectivity index (χ3n) is 5.91. The summed E-state index contributed by atoms with van der Waals surface area (Å²) in [6, 6.07) is 27.8. The molecule has 0 radical (unpaired) electrons. The van der Waals surface area contributed by atoms with Crippen molar-refractivity contribution in [3.8, 4) is 22.0 Å². The highest BCUT2D eigenvalue weighted by molar-refractivity contribution is 7.21. The van der Waals surface area contributed by atoms with Crippen LogP contribution in [0.4, 0.5) is 0 Å². The van der Waals surface area contributed by atoms with Crippen LogP contribution in [0.1, 0.15) is 0 Å². The molecule has 3 heterocycles. The summed E-state index contributed by atoms with van der Waals surface area (Å²) in [5.74, 6) is 0.501. The maximum absolute atomic E-state index is 13.2. The maximum Gasteiger partial charge on any atom is 0.347 e. The van der Waals surface area contributed by atoms with Crippen LogP contribution in [0.15, 0.2) is 94.1 Å². The zero-order valence-electron chi connectivity index (χ0n) is 17.2. The predicted octanol–water partition coefficient (Wildman–Crippen LogP) is 6.77. The average Bonchev–Trinajstić information content (AvgIpc) is 3.47. The summed E-state index contributed by atoms with van der Waals surface area (Å²) in [6.07, 6.45) is 0. The fourth-order valence-corrected chi connectivity index (χ4v) is 5.33. The van der Waals surface area contributed by atoms with Crippen molar-refractivity contribution < 1.29 is 4.42 Å². The topological polar surface area (TPSA) is 71.8 Å². The van der Waals surface area contributed by atoms with Gasteiger partial charge in [-0.05, 0) is 47.2 Å². The molecule has 0 spiro atoms. The van der Waals surface area contributed by atoms with E-state index in [1.807, 2.05) is 66.7 Å². The van der Waals surface area contributed by atoms with Crippen molar-refractivity contribution in [2.45, 2.75) is 0 Å². The van der Waals surface area contributed by atoms with Crippen molar-refractivity contribution in [2.24, 2.45) is 0 Å². The Morgan fingerprint density at radius 3 is 2.42 bits per heavy atom. The zero-order valence-corrected chi connectivity index (χ0v) is 18.0. The molecule has 4 aromatic carbocycles. The summed E-state index contributed by atoms with van der Waals surface area (Å²) in [5, 5.41) is 3.76. The zero-order chi connectivity index (χ0) is 21.9. The lowest BCUT2D eigenvalue weighted by Crippen LogP contribution is -2.04. The molecule has 6 heteroatoms. The monoisotopic (exact) mass is 445 g/mol. The third-order valence-corrected chi connectivity index (χ3v) is 6.98. The molecule has 0 saturated heterocycles. The summed E-state index contributed by atoms with van der Waals surface area (Å²) in [5.41, 5.74) is 3.94. The second-order valence-electron chi connectivity index (χ2n) is 7.92. The number of hydrogen-bond acceptors (Lipinski definition) is 5. The van der Waals surface area contributed by atoms with Crippen LogP contribution < -0.4 is 5.63 Å². The van der Waals surface area contributed by atoms with E-state index < -0.39 is 5.63 Å². The average molecular weight is 446 g/mol. The van der Waals surface area contributed by atoms with Gasteiger partial charge in [-0.3, -0.25) is 0 Å². The van der Waals surface area contributed by atoms with Crippen LogP contribution in [0.3, 0.4) is 0 Å². The van der Waals surface area contributed by atoms with Gasteiger partial charge in [-0.15, -0.1) is 11.3 Å². The number of rotatable bonds is 2. The molecular weight excluding hydrogens is 430 g/mol. The van der Waals surface area contributed by atoms with Crippen LogP contribution >= 0.6 is 11.3 Å². The van der Waals surface area contributed by atoms with Crippen molar-refractivity contribution >= 4 is 54.3 Å². The number of hydrogen-bond donors (Lipinski definition) is 1. The number of thiazole rings is 1. The first-order valence-corrected chi connectivity index (χ1v) is 11.4. The number of para-hydroxylation sites is 3. The van der Waals surface area contributed by atoms with Crippen molar-refractivity contribution in [3.63, 3.8) is 0 Å². The Labute approximate surface area is 191 Å². The molecule has 156 valence electrons. The van der Waals surface area contributed by atoms with Crippen molar-refractivity contribution in [1.82, 2.24) is 15.0 Å². The van der Waals surface area contributed by atoms with Crippen LogP contribution in [0.5, 0.6) is 0 Å². The minimum Gasteiger partial charge on any atom is -0.421 e. The van der Waals surface area contributed by atoms with E-state index in [2.05, 4.69) is 28.2 Å². The molecule has 3 aromatic heterocycles. The van der Waals surface area contributed by atoms with E-state index in [9.17, 15) is 4.79 Å². The molecule has 0 fully saturated rings. The number of nitrogens with zero attached hydrogens (tertiary/aromatic N) is 2. The first-order chi connectivity index (χ1) is 16.2. The molecular formula is C27H15N3O2S. The summed E-state index contributed by atoms with van der Waals surface area (Å²) >= 11 is 1.59. The first kappa shape index (κ1) is 18.3. The number of fused-ring (bicyclic) bond motifs is 5. The summed E-state index contributed by atoms with van der Waals surface area (Å²) < 4.78 is 7.08. The van der Waals surface area contributed by atoms with Crippen LogP contribution in [0, 0.1) is 0 Å². The molecule has 0 saturated carbocycles. The van der Waals surface area contributed by atoms with Gasteiger partial charge in [0.05, 0.1) is 26.8 Å². The highest BCUT2D eigenvalue weighted by Gasteiger charge is 2.19. The van der Waals surface area contributed by atoms with Gasteiger partial charge in [-0.1, -0.05) is 48.5 Å². The Kier molecular flexibility index (Phi) is 3.80. The lowest BCUT2D eigenvalue weighted by molar-refractivity contribution is 0.564. The normalized spacial score (nSPS) is 11.8. The highest BCUT2D eigenvalue weighted by atomic mass is 32.1. The first-order valence-electron chi connectivity index (χ1n) is 10.6. The predicted molar refractivity (Wildman–Crippen MR) is 134 cm³/mol. The molecule has 0 bridgehead atoms. The van der Waals surface area contributed by atoms with Gasteiger partial charge in [-0.2, -0.15) is 0 Å². The van der Waals surface area contributed by atoms with Crippen LogP contribution in [0.2, 0.25) is 0 Å². The van der Waals surface area contributed by atoms with Gasteiger partial charge in [0.2, 0.25) is 0 Å². The molecule has 0 aliphatic carbocycles. The van der Waals surface area contributed by atoms with E-state index in [-0.39, 0.29) is 0 Å². The van der Waals surface area contributed by atoms with Crippen molar-refractivity contribution in [1.29, 1.82) is 0 Å². The summed E-state index contributed by atoms with van der Waals surface area (Å²) in [6.45, 7) is 0. The van der Waals surface area contributed by atoms with Crippen molar-refractivity contribution in [3.05, 3.63) is 95.3 Å². The Morgan fingerprint density at radius 1 is 0.758 bits per heavy atom. The molecule has 0 atom stereocenters. The van der Waals surface area contributed by atoms with E-state index in [4.69, 9.17) is 9.40 Å². The van der Waals surface area contributed by atoms with Crippen LogP contribution in [-0.2, 0) is 0 Å². The van der Waals surface area contributed by atoms with Crippen LogP contribution in [-0.4, -0.2) is 15.0 Å². The molecule has 0 amide bonds. The number of H-pyrrole nitrogens is 1. The van der Waals surface area contributed by atoms with E-state index in [1.165, 1.54) is 0 Å². The molecule has 0 unspecified atom stereocenters. The fraction of sp³-hybridized carbons (Fsp3) is 0. The lowest BCUT2D eigenvalue weighted by atomic mass is 10.0. The number of benzene rings is 4. The number of nitrogens with one attached hydrogen (secondary N) is 1. The number of imidazole rings is 1. The maximum atomic E-state index is 13.2. The van der Waals surface area contributed by atoms with Crippen LogP contribution in [0.25, 0.3) is 65.0 Å². The smallest absolute Gasteiger partial charge is 0.347 e. The second-order valence-corrected chi connectivity index (χ2v) is 8.96. The Morgan fingerprint density at radius 2 is 1.55 bits per heavy atom. The number of aromatic nitrogens is 3. The fourth-order valence-electron chi connectivity index (χ4n) is 4.35. The molecule has 33 heavy (non-hydrogen) atoms. The molecule has 0 aliphatic rings. The van der Waals surface area contributed by atoms with E-state index in [0.29, 0.717) is 17.0 Å². The Balaban J connectivity index is 1.56. The van der Waals surface area contributed by atoms with Gasteiger partial charge in [0, 0.05) is 5.39 Å². The largest absolute Gasteiger partial charge is 0.421 e. The van der Waals surface area contributed by atoms with E-state index >= 15 is 0 Å². The molecule has 5 nitrogen and oxygen atoms in total. The molecule has 0 aliphatic heterocycles. The van der Waals surface area contributed by atoms with Crippen molar-refractivity contribution in [2.75, 3.05) is 0 Å². The molecule has 1 N–H and O–H groups in total. The molecule has 7 aromatic rings. The van der Waals surface area contributed by atoms with Gasteiger partial charge in [0.25, 0.3) is 0 Å². The van der Waals surface area contributed by atoms with Gasteiger partial charge >= 0.3 is 5.63 Å². The molecule has 7 rings (SSSR count).